The molecule has 1 nitrogen and oxygen atoms in total. The number of hydrogen-bond acceptors (Lipinski definition) is 1. The van der Waals surface area contributed by atoms with Crippen LogP contribution in [0.25, 0.3) is 0 Å². The molecule has 0 bridgehead atoms. The van der Waals surface area contributed by atoms with Crippen LogP contribution in [0.3, 0.4) is 0 Å². The molecule has 0 aromatic heterocycles. The van der Waals surface area contributed by atoms with Crippen molar-refractivity contribution in [2.45, 2.75) is 0 Å². The van der Waals surface area contributed by atoms with Gasteiger partial charge in [0.25, 0.3) is 0 Å². The van der Waals surface area contributed by atoms with Crippen molar-refractivity contribution in [2.75, 3.05) is 5.88 Å². The Morgan fingerprint density at radius 1 is 1.54 bits per heavy atom. The van der Waals surface area contributed by atoms with E-state index in [1.807, 2.05) is 22.6 Å². The summed E-state index contributed by atoms with van der Waals surface area (Å²) in [6.45, 7) is 0. The third-order valence-electron chi connectivity index (χ3n) is 1.43. The molecule has 13 heavy (non-hydrogen) atoms. The Kier molecular flexibility index (Phi) is 3.94. The number of carbonyl (C=O) groups is 1. The summed E-state index contributed by atoms with van der Waals surface area (Å²) in [5.74, 6) is -1.29. The van der Waals surface area contributed by atoms with Crippen LogP contribution in [0, 0.1) is 9.39 Å². The quantitative estimate of drug-likeness (QED) is 0.350. The average molecular weight is 333 g/mol. The predicted octanol–water partition coefficient (Wildman–Crippen LogP) is 3.51. The molecular formula is C8H4Cl2FIO. The third-order valence-corrected chi connectivity index (χ3v) is 3.20. The molecule has 0 spiro atoms. The van der Waals surface area contributed by atoms with E-state index in [4.69, 9.17) is 23.2 Å². The Bertz CT molecular complexity index is 354. The van der Waals surface area contributed by atoms with Gasteiger partial charge in [0, 0.05) is 3.57 Å². The fraction of sp³-hybridized carbons (Fsp3) is 0.125. The largest absolute Gasteiger partial charge is 0.293 e. The number of rotatable bonds is 2. The Balaban J connectivity index is 3.23. The second kappa shape index (κ2) is 4.57. The number of halogens is 4. The minimum Gasteiger partial charge on any atom is -0.293 e. The maximum Gasteiger partial charge on any atom is 0.180 e. The first-order valence-electron chi connectivity index (χ1n) is 3.30. The van der Waals surface area contributed by atoms with E-state index < -0.39 is 11.6 Å². The molecule has 1 aromatic rings. The summed E-state index contributed by atoms with van der Waals surface area (Å²) < 4.78 is 13.7. The zero-order chi connectivity index (χ0) is 10.0. The van der Waals surface area contributed by atoms with Gasteiger partial charge in [-0.05, 0) is 34.7 Å². The number of ketones is 1. The Morgan fingerprint density at radius 2 is 2.15 bits per heavy atom. The van der Waals surface area contributed by atoms with Crippen molar-refractivity contribution in [3.63, 3.8) is 0 Å². The van der Waals surface area contributed by atoms with E-state index in [0.717, 1.165) is 6.07 Å². The number of carbonyl (C=O) groups excluding carboxylic acids is 1. The molecule has 0 radical (unpaired) electrons. The van der Waals surface area contributed by atoms with E-state index in [1.165, 1.54) is 6.07 Å². The number of Topliss-reactive ketones (excluding diaryl/α,β-unsaturated/α-hetero) is 1. The highest BCUT2D eigenvalue weighted by Gasteiger charge is 2.12. The van der Waals surface area contributed by atoms with Gasteiger partial charge in [0.2, 0.25) is 0 Å². The fourth-order valence-corrected chi connectivity index (χ4v) is 1.57. The smallest absolute Gasteiger partial charge is 0.180 e. The predicted molar refractivity (Wildman–Crippen MR) is 59.2 cm³/mol. The molecule has 0 saturated heterocycles. The summed E-state index contributed by atoms with van der Waals surface area (Å²) in [7, 11) is 0. The molecule has 0 aliphatic rings. The van der Waals surface area contributed by atoms with E-state index in [0.29, 0.717) is 8.59 Å². The molecule has 0 heterocycles. The Hall–Kier alpha value is 0.130. The molecule has 1 rings (SSSR count). The van der Waals surface area contributed by atoms with Crippen molar-refractivity contribution < 1.29 is 9.18 Å². The van der Waals surface area contributed by atoms with Crippen molar-refractivity contribution >= 4 is 51.6 Å². The molecule has 0 fully saturated rings. The van der Waals surface area contributed by atoms with E-state index in [2.05, 4.69) is 0 Å². The minimum atomic E-state index is -0.629. The molecule has 0 aliphatic heterocycles. The Morgan fingerprint density at radius 3 is 2.69 bits per heavy atom. The van der Waals surface area contributed by atoms with Crippen LogP contribution in [-0.2, 0) is 0 Å². The van der Waals surface area contributed by atoms with Crippen LogP contribution in [0.1, 0.15) is 10.4 Å². The number of benzene rings is 1. The molecule has 5 heteroatoms. The molecule has 0 saturated carbocycles. The van der Waals surface area contributed by atoms with E-state index in [1.54, 1.807) is 0 Å². The normalized spacial score (nSPS) is 10.2. The van der Waals surface area contributed by atoms with Crippen LogP contribution in [0.4, 0.5) is 4.39 Å². The van der Waals surface area contributed by atoms with Gasteiger partial charge in [-0.2, -0.15) is 0 Å². The second-order valence-electron chi connectivity index (χ2n) is 2.30. The summed E-state index contributed by atoms with van der Waals surface area (Å²) >= 11 is 12.9. The summed E-state index contributed by atoms with van der Waals surface area (Å²) in [5.41, 5.74) is -0.0104. The van der Waals surface area contributed by atoms with Crippen molar-refractivity contribution in [1.29, 1.82) is 0 Å². The van der Waals surface area contributed by atoms with Gasteiger partial charge in [0.05, 0.1) is 16.5 Å². The van der Waals surface area contributed by atoms with Crippen molar-refractivity contribution in [3.05, 3.63) is 32.1 Å². The molecule has 0 N–H and O–H groups in total. The molecule has 0 amide bonds. The van der Waals surface area contributed by atoms with Crippen molar-refractivity contribution in [1.82, 2.24) is 0 Å². The maximum atomic E-state index is 13.1. The first-order chi connectivity index (χ1) is 6.06. The van der Waals surface area contributed by atoms with Gasteiger partial charge in [-0.1, -0.05) is 11.6 Å². The summed E-state index contributed by atoms with van der Waals surface area (Å²) in [6, 6.07) is 2.51. The van der Waals surface area contributed by atoms with Gasteiger partial charge in [-0.15, -0.1) is 11.6 Å². The summed E-state index contributed by atoms with van der Waals surface area (Å²) in [4.78, 5) is 11.1. The second-order valence-corrected chi connectivity index (χ2v) is 4.14. The van der Waals surface area contributed by atoms with E-state index >= 15 is 0 Å². The van der Waals surface area contributed by atoms with E-state index in [9.17, 15) is 9.18 Å². The molecular weight excluding hydrogens is 329 g/mol. The molecule has 0 aliphatic carbocycles. The lowest BCUT2D eigenvalue weighted by molar-refractivity contribution is 0.101. The molecule has 0 atom stereocenters. The lowest BCUT2D eigenvalue weighted by Gasteiger charge is -2.02. The van der Waals surface area contributed by atoms with Crippen LogP contribution in [-0.4, -0.2) is 11.7 Å². The van der Waals surface area contributed by atoms with Gasteiger partial charge in [0.15, 0.2) is 5.78 Å². The summed E-state index contributed by atoms with van der Waals surface area (Å²) in [5, 5.41) is 0.296. The van der Waals surface area contributed by atoms with Gasteiger partial charge in [-0.25, -0.2) is 4.39 Å². The number of hydrogen-bond donors (Lipinski definition) is 0. The van der Waals surface area contributed by atoms with Crippen LogP contribution in [0.15, 0.2) is 12.1 Å². The first-order valence-corrected chi connectivity index (χ1v) is 5.29. The van der Waals surface area contributed by atoms with Crippen LogP contribution < -0.4 is 0 Å². The van der Waals surface area contributed by atoms with Gasteiger partial charge < -0.3 is 0 Å². The fourth-order valence-electron chi connectivity index (χ4n) is 0.808. The highest BCUT2D eigenvalue weighted by molar-refractivity contribution is 14.1. The monoisotopic (exact) mass is 332 g/mol. The standard InChI is InChI=1S/C8H4Cl2FIO/c9-3-8(13)4-1-7(12)5(10)2-6(4)11/h1-2H,3H2. The van der Waals surface area contributed by atoms with E-state index in [-0.39, 0.29) is 11.4 Å². The van der Waals surface area contributed by atoms with Crippen molar-refractivity contribution in [3.8, 4) is 0 Å². The molecule has 70 valence electrons. The maximum absolute atomic E-state index is 13.1. The highest BCUT2D eigenvalue weighted by atomic mass is 127. The van der Waals surface area contributed by atoms with Gasteiger partial charge in [-0.3, -0.25) is 4.79 Å². The SMILES string of the molecule is O=C(CCl)c1cc(I)c(Cl)cc1F. The lowest BCUT2D eigenvalue weighted by atomic mass is 10.1. The lowest BCUT2D eigenvalue weighted by Crippen LogP contribution is -2.04. The Labute approximate surface area is 98.4 Å². The summed E-state index contributed by atoms with van der Waals surface area (Å²) in [6.07, 6.45) is 0. The third kappa shape index (κ3) is 2.54. The van der Waals surface area contributed by atoms with Crippen LogP contribution in [0.5, 0.6) is 0 Å². The highest BCUT2D eigenvalue weighted by Crippen LogP contribution is 2.22. The average Bonchev–Trinajstić information content (AvgIpc) is 2.10. The molecule has 0 unspecified atom stereocenters. The van der Waals surface area contributed by atoms with Gasteiger partial charge >= 0.3 is 0 Å². The van der Waals surface area contributed by atoms with Crippen LogP contribution >= 0.6 is 45.8 Å². The first kappa shape index (κ1) is 11.2. The number of alkyl halides is 1. The minimum absolute atomic E-state index is 0.0104. The topological polar surface area (TPSA) is 17.1 Å². The van der Waals surface area contributed by atoms with Gasteiger partial charge in [0.1, 0.15) is 5.82 Å². The zero-order valence-electron chi connectivity index (χ0n) is 6.28. The molecule has 1 aromatic carbocycles. The van der Waals surface area contributed by atoms with Crippen molar-refractivity contribution in [2.24, 2.45) is 0 Å². The van der Waals surface area contributed by atoms with Crippen LogP contribution in [0.2, 0.25) is 5.02 Å². The zero-order valence-corrected chi connectivity index (χ0v) is 9.95.